The van der Waals surface area contributed by atoms with Crippen molar-refractivity contribution in [3.8, 4) is 16.9 Å². The Morgan fingerprint density at radius 1 is 0.710 bits per heavy atom. The largest absolute Gasteiger partial charge is 0.488 e. The van der Waals surface area contributed by atoms with Crippen molar-refractivity contribution in [2.24, 2.45) is 0 Å². The smallest absolute Gasteiger partial charge is 0.207 e. The molecule has 62 heavy (non-hydrogen) atoms. The maximum atomic E-state index is 7.53. The van der Waals surface area contributed by atoms with E-state index in [1.165, 1.54) is 6.33 Å². The molecular formula is C48H72N6O5Si3. The van der Waals surface area contributed by atoms with Crippen LogP contribution in [-0.2, 0) is 31.2 Å². The zero-order chi connectivity index (χ0) is 45.5. The number of nitrogen functional groups attached to an aromatic ring is 1. The van der Waals surface area contributed by atoms with Gasteiger partial charge >= 0.3 is 0 Å². The normalized spacial score (nSPS) is 19.3. The molecule has 0 spiro atoms. The highest BCUT2D eigenvalue weighted by Crippen LogP contribution is 2.48. The molecule has 0 amide bonds. The van der Waals surface area contributed by atoms with Crippen molar-refractivity contribution in [3.63, 3.8) is 0 Å². The third-order valence-electron chi connectivity index (χ3n) is 13.8. The van der Waals surface area contributed by atoms with Crippen LogP contribution >= 0.6 is 0 Å². The Morgan fingerprint density at radius 3 is 1.89 bits per heavy atom. The summed E-state index contributed by atoms with van der Waals surface area (Å²) in [4.78, 5) is 14.2. The number of nitrogens with two attached hydrogens (primary N) is 1. The molecule has 4 atom stereocenters. The SMILES string of the molecule is CC(C)(C)[Si](C)(C)OC[C@H]1O[C@@H](n2c(NCc3ccc(-c4ccccc4)c(OCc4ccccc4)c3)nc3c(N)ncnc32)[C@H](O[Si](C)(C)C(C)(C)C)[C@@H]1O[Si](C)(C)C(C)(C)C. The minimum atomic E-state index is -2.45. The van der Waals surface area contributed by atoms with Crippen LogP contribution in [0.4, 0.5) is 11.8 Å². The minimum Gasteiger partial charge on any atom is -0.488 e. The first-order chi connectivity index (χ1) is 28.8. The van der Waals surface area contributed by atoms with Gasteiger partial charge in [0.05, 0.1) is 6.61 Å². The van der Waals surface area contributed by atoms with Crippen LogP contribution in [0.5, 0.6) is 5.75 Å². The third-order valence-corrected chi connectivity index (χ3v) is 27.2. The van der Waals surface area contributed by atoms with E-state index < -0.39 is 49.5 Å². The molecule has 1 saturated heterocycles. The molecule has 0 saturated carbocycles. The van der Waals surface area contributed by atoms with Crippen molar-refractivity contribution in [1.29, 1.82) is 0 Å². The standard InChI is InChI=1S/C48H72N6O5Si3/c1-46(2,3)60(10,11)56-31-38-40(58-61(12,13)47(4,5)6)41(59-62(14,15)48(7,8)9)44(57-38)54-43-39(42(49)51-32-52-43)53-45(54)50-29-34-26-27-36(35-24-20-17-21-25-35)37(28-34)55-30-33-22-18-16-19-23-33/h16-28,32,38,40-41,44H,29-31H2,1-15H3,(H,50,53)(H2,49,51,52)/t38-,40-,41-,44-/m1/s1. The molecule has 2 aromatic heterocycles. The fraction of sp³-hybridized carbons (Fsp3) is 0.521. The molecule has 3 aromatic carbocycles. The Kier molecular flexibility index (Phi) is 13.8. The van der Waals surface area contributed by atoms with E-state index in [2.05, 4.69) is 154 Å². The van der Waals surface area contributed by atoms with Crippen LogP contribution in [-0.4, -0.2) is 69.4 Å². The van der Waals surface area contributed by atoms with Crippen molar-refractivity contribution in [1.82, 2.24) is 19.5 Å². The van der Waals surface area contributed by atoms with E-state index in [4.69, 9.17) is 38.5 Å². The lowest BCUT2D eigenvalue weighted by Gasteiger charge is -2.44. The second-order valence-corrected chi connectivity index (χ2v) is 35.7. The fourth-order valence-corrected chi connectivity index (χ4v) is 10.3. The Hall–Kier alpha value is -3.90. The van der Waals surface area contributed by atoms with Gasteiger partial charge in [0.15, 0.2) is 48.2 Å². The van der Waals surface area contributed by atoms with E-state index in [1.54, 1.807) is 0 Å². The summed E-state index contributed by atoms with van der Waals surface area (Å²) in [7, 11) is -7.02. The predicted octanol–water partition coefficient (Wildman–Crippen LogP) is 12.0. The number of aromatic nitrogens is 4. The van der Waals surface area contributed by atoms with Crippen molar-refractivity contribution in [2.45, 2.75) is 154 Å². The molecule has 1 fully saturated rings. The summed E-state index contributed by atoms with van der Waals surface area (Å²) in [5, 5.41) is 3.52. The molecule has 14 heteroatoms. The summed E-state index contributed by atoms with van der Waals surface area (Å²) in [6.45, 7) is 35.4. The van der Waals surface area contributed by atoms with E-state index in [9.17, 15) is 0 Å². The summed E-state index contributed by atoms with van der Waals surface area (Å²) < 4.78 is 37.8. The topological polar surface area (TPSA) is 128 Å². The minimum absolute atomic E-state index is 0.00959. The number of fused-ring (bicyclic) bond motifs is 1. The van der Waals surface area contributed by atoms with Gasteiger partial charge in [-0.15, -0.1) is 0 Å². The molecule has 3 N–H and O–H groups in total. The molecule has 0 radical (unpaired) electrons. The Morgan fingerprint density at radius 2 is 1.29 bits per heavy atom. The predicted molar refractivity (Wildman–Crippen MR) is 261 cm³/mol. The van der Waals surface area contributed by atoms with Crippen molar-refractivity contribution in [3.05, 3.63) is 96.3 Å². The fourth-order valence-electron chi connectivity index (χ4n) is 6.72. The van der Waals surface area contributed by atoms with E-state index >= 15 is 0 Å². The quantitative estimate of drug-likeness (QED) is 0.0980. The van der Waals surface area contributed by atoms with Gasteiger partial charge in [0, 0.05) is 12.1 Å². The molecule has 0 aliphatic carbocycles. The summed E-state index contributed by atoms with van der Waals surface area (Å²) in [5.41, 5.74) is 11.8. The third kappa shape index (κ3) is 10.4. The van der Waals surface area contributed by atoms with Gasteiger partial charge in [-0.2, -0.15) is 0 Å². The van der Waals surface area contributed by atoms with Crippen LogP contribution in [0, 0.1) is 0 Å². The average Bonchev–Trinajstić information content (AvgIpc) is 3.72. The summed E-state index contributed by atoms with van der Waals surface area (Å²) in [6, 6.07) is 26.9. The van der Waals surface area contributed by atoms with Crippen molar-refractivity contribution in [2.75, 3.05) is 17.7 Å². The Labute approximate surface area is 373 Å². The van der Waals surface area contributed by atoms with Gasteiger partial charge in [0.1, 0.15) is 37.0 Å². The van der Waals surface area contributed by atoms with Gasteiger partial charge in [0.2, 0.25) is 5.95 Å². The molecule has 3 heterocycles. The van der Waals surface area contributed by atoms with E-state index in [0.717, 1.165) is 28.0 Å². The monoisotopic (exact) mass is 896 g/mol. The highest BCUT2D eigenvalue weighted by atomic mass is 28.4. The first-order valence-electron chi connectivity index (χ1n) is 22.0. The lowest BCUT2D eigenvalue weighted by molar-refractivity contribution is -0.0461. The lowest BCUT2D eigenvalue weighted by atomic mass is 10.0. The molecule has 0 bridgehead atoms. The number of imidazole rings is 1. The molecule has 0 unspecified atom stereocenters. The molecule has 5 aromatic rings. The van der Waals surface area contributed by atoms with Crippen molar-refractivity contribution >= 4 is 47.9 Å². The summed E-state index contributed by atoms with van der Waals surface area (Å²) >= 11 is 0. The van der Waals surface area contributed by atoms with Gasteiger partial charge in [-0.25, -0.2) is 15.0 Å². The molecule has 1 aliphatic heterocycles. The highest BCUT2D eigenvalue weighted by Gasteiger charge is 2.55. The van der Waals surface area contributed by atoms with Gasteiger partial charge in [-0.3, -0.25) is 4.57 Å². The van der Waals surface area contributed by atoms with Gasteiger partial charge in [-0.05, 0) is 77.2 Å². The van der Waals surface area contributed by atoms with Gasteiger partial charge in [0.25, 0.3) is 0 Å². The number of hydrogen-bond donors (Lipinski definition) is 2. The van der Waals surface area contributed by atoms with Crippen LogP contribution < -0.4 is 15.8 Å². The maximum Gasteiger partial charge on any atom is 0.207 e. The highest BCUT2D eigenvalue weighted by molar-refractivity contribution is 6.75. The Bertz CT molecular complexity index is 2280. The van der Waals surface area contributed by atoms with Crippen LogP contribution in [0.1, 0.15) is 79.7 Å². The number of nitrogens with one attached hydrogen (secondary N) is 1. The van der Waals surface area contributed by atoms with E-state index in [-0.39, 0.29) is 20.9 Å². The van der Waals surface area contributed by atoms with Crippen LogP contribution in [0.15, 0.2) is 85.2 Å². The van der Waals surface area contributed by atoms with Crippen molar-refractivity contribution < 1.29 is 22.8 Å². The molecular weight excluding hydrogens is 825 g/mol. The second kappa shape index (κ2) is 17.9. The first kappa shape index (κ1) is 47.6. The maximum absolute atomic E-state index is 7.53. The average molecular weight is 897 g/mol. The molecule has 6 rings (SSSR count). The van der Waals surface area contributed by atoms with Crippen LogP contribution in [0.25, 0.3) is 22.3 Å². The second-order valence-electron chi connectivity index (χ2n) is 21.4. The number of anilines is 2. The molecule has 336 valence electrons. The number of ether oxygens (including phenoxy) is 2. The van der Waals surface area contributed by atoms with Gasteiger partial charge in [-0.1, -0.05) is 135 Å². The first-order valence-corrected chi connectivity index (χ1v) is 30.7. The van der Waals surface area contributed by atoms with Crippen LogP contribution in [0.3, 0.4) is 0 Å². The number of benzene rings is 3. The lowest BCUT2D eigenvalue weighted by Crippen LogP contribution is -2.54. The zero-order valence-electron chi connectivity index (χ0n) is 39.9. The van der Waals surface area contributed by atoms with E-state index in [1.807, 2.05) is 41.0 Å². The summed E-state index contributed by atoms with van der Waals surface area (Å²) in [5.74, 6) is 1.62. The zero-order valence-corrected chi connectivity index (χ0v) is 42.9. The molecule has 11 nitrogen and oxygen atoms in total. The number of hydrogen-bond acceptors (Lipinski definition) is 10. The summed E-state index contributed by atoms with van der Waals surface area (Å²) in [6.07, 6.45) is -0.579. The number of nitrogens with zero attached hydrogens (tertiary/aromatic N) is 4. The Balaban J connectivity index is 1.44. The molecule has 1 aliphatic rings. The van der Waals surface area contributed by atoms with Crippen LogP contribution in [0.2, 0.25) is 54.4 Å². The number of rotatable bonds is 15. The van der Waals surface area contributed by atoms with E-state index in [0.29, 0.717) is 36.9 Å². The van der Waals surface area contributed by atoms with Gasteiger partial charge < -0.3 is 33.8 Å².